The predicted molar refractivity (Wildman–Crippen MR) is 205 cm³/mol. The molecule has 4 aromatic carbocycles. The third-order valence-corrected chi connectivity index (χ3v) is 9.83. The van der Waals surface area contributed by atoms with Crippen molar-refractivity contribution in [2.45, 2.75) is 38.5 Å². The van der Waals surface area contributed by atoms with Gasteiger partial charge in [-0.1, -0.05) is 96.8 Å². The molecule has 0 unspecified atom stereocenters. The van der Waals surface area contributed by atoms with Crippen LogP contribution in [0.5, 0.6) is 11.6 Å². The zero-order valence-corrected chi connectivity index (χ0v) is 30.1. The summed E-state index contributed by atoms with van der Waals surface area (Å²) < 4.78 is 18.1. The summed E-state index contributed by atoms with van der Waals surface area (Å²) in [6.07, 6.45) is 3.09. The lowest BCUT2D eigenvalue weighted by Gasteiger charge is -2.38. The Labute approximate surface area is 313 Å². The zero-order chi connectivity index (χ0) is 36.1. The van der Waals surface area contributed by atoms with Crippen molar-refractivity contribution in [3.05, 3.63) is 155 Å². The van der Waals surface area contributed by atoms with E-state index in [9.17, 15) is 5.26 Å². The average Bonchev–Trinajstić information content (AvgIpc) is 3.20. The summed E-state index contributed by atoms with van der Waals surface area (Å²) in [6, 6.07) is 39.8. The number of nitriles is 1. The lowest BCUT2D eigenvalue weighted by molar-refractivity contribution is 0.0342. The number of nitrogens with zero attached hydrogens (tertiary/aromatic N) is 5. The Balaban J connectivity index is 1.05. The number of aromatic nitrogens is 2. The molecule has 5 aromatic rings. The molecule has 0 aliphatic carbocycles. The molecule has 0 N–H and O–H groups in total. The van der Waals surface area contributed by atoms with Crippen molar-refractivity contribution in [1.29, 1.82) is 5.26 Å². The smallest absolute Gasteiger partial charge is 0.260 e. The fourth-order valence-electron chi connectivity index (χ4n) is 6.75. The van der Waals surface area contributed by atoms with Gasteiger partial charge in [0.25, 0.3) is 5.88 Å². The van der Waals surface area contributed by atoms with E-state index in [-0.39, 0.29) is 11.8 Å². The maximum Gasteiger partial charge on any atom is 0.260 e. The van der Waals surface area contributed by atoms with Crippen LogP contribution in [0.2, 0.25) is 0 Å². The van der Waals surface area contributed by atoms with Gasteiger partial charge in [0, 0.05) is 50.4 Å². The predicted octanol–water partition coefficient (Wildman–Crippen LogP) is 7.04. The lowest BCUT2D eigenvalue weighted by atomic mass is 9.90. The molecule has 0 amide bonds. The quantitative estimate of drug-likeness (QED) is 0.114. The first-order chi connectivity index (χ1) is 26.2. The SMILES string of the molecule is N#CC1CN(C[C@@H](CCc2ncnc(OCc3ccccc3)c2OCc2ccccc2)c2ccc(C#Cc3ccc(CN4CCOCC4)cc3)cc2)C1. The van der Waals surface area contributed by atoms with Crippen molar-refractivity contribution in [3.63, 3.8) is 0 Å². The van der Waals surface area contributed by atoms with Crippen LogP contribution in [0.3, 0.4) is 0 Å². The molecule has 0 saturated carbocycles. The Hall–Kier alpha value is -5.51. The molecule has 268 valence electrons. The second-order valence-electron chi connectivity index (χ2n) is 13.7. The van der Waals surface area contributed by atoms with Crippen LogP contribution < -0.4 is 9.47 Å². The first-order valence-corrected chi connectivity index (χ1v) is 18.5. The van der Waals surface area contributed by atoms with Gasteiger partial charge in [0.2, 0.25) is 5.75 Å². The number of morpholine rings is 1. The molecule has 1 aromatic heterocycles. The molecule has 0 bridgehead atoms. The van der Waals surface area contributed by atoms with E-state index < -0.39 is 0 Å². The van der Waals surface area contributed by atoms with Crippen LogP contribution in [0.15, 0.2) is 116 Å². The Morgan fingerprint density at radius 1 is 0.717 bits per heavy atom. The van der Waals surface area contributed by atoms with Crippen molar-refractivity contribution < 1.29 is 14.2 Å². The van der Waals surface area contributed by atoms with Gasteiger partial charge in [-0.25, -0.2) is 4.98 Å². The summed E-state index contributed by atoms with van der Waals surface area (Å²) in [7, 11) is 0. The van der Waals surface area contributed by atoms with Gasteiger partial charge >= 0.3 is 0 Å². The first kappa shape index (κ1) is 35.9. The summed E-state index contributed by atoms with van der Waals surface area (Å²) in [5, 5.41) is 9.42. The molecule has 2 saturated heterocycles. The summed E-state index contributed by atoms with van der Waals surface area (Å²) in [5.41, 5.74) is 7.45. The molecular weight excluding hydrogens is 659 g/mol. The van der Waals surface area contributed by atoms with Gasteiger partial charge in [-0.15, -0.1) is 0 Å². The van der Waals surface area contributed by atoms with E-state index in [1.54, 1.807) is 6.33 Å². The second kappa shape index (κ2) is 18.3. The topological polar surface area (TPSA) is 83.7 Å². The number of hydrogen-bond acceptors (Lipinski definition) is 8. The molecule has 2 aliphatic heterocycles. The largest absolute Gasteiger partial charge is 0.482 e. The highest BCUT2D eigenvalue weighted by atomic mass is 16.5. The van der Waals surface area contributed by atoms with Gasteiger partial charge in [-0.05, 0) is 65.3 Å². The summed E-state index contributed by atoms with van der Waals surface area (Å²) in [5.74, 6) is 8.05. The Morgan fingerprint density at radius 2 is 1.34 bits per heavy atom. The molecule has 7 rings (SSSR count). The van der Waals surface area contributed by atoms with E-state index in [1.807, 2.05) is 60.7 Å². The van der Waals surface area contributed by atoms with Crippen LogP contribution in [0.4, 0.5) is 0 Å². The van der Waals surface area contributed by atoms with Gasteiger partial charge in [-0.3, -0.25) is 4.90 Å². The van der Waals surface area contributed by atoms with Gasteiger partial charge in [0.1, 0.15) is 19.5 Å². The summed E-state index contributed by atoms with van der Waals surface area (Å²) in [6.45, 7) is 7.75. The highest BCUT2D eigenvalue weighted by Gasteiger charge is 2.29. The fourth-order valence-corrected chi connectivity index (χ4v) is 6.75. The minimum atomic E-state index is 0.103. The zero-order valence-electron chi connectivity index (χ0n) is 30.1. The number of benzene rings is 4. The number of hydrogen-bond donors (Lipinski definition) is 0. The molecular formula is C45H45N5O3. The van der Waals surface area contributed by atoms with E-state index in [4.69, 9.17) is 19.2 Å². The molecule has 2 fully saturated rings. The van der Waals surface area contributed by atoms with E-state index >= 15 is 0 Å². The van der Waals surface area contributed by atoms with Crippen LogP contribution in [0.25, 0.3) is 0 Å². The van der Waals surface area contributed by atoms with Crippen molar-refractivity contribution in [2.75, 3.05) is 45.9 Å². The van der Waals surface area contributed by atoms with Crippen LogP contribution in [-0.2, 0) is 30.9 Å². The standard InChI is InChI=1S/C45H45N5O3/c46-27-40-29-50(30-40)31-42(41-19-17-36(18-20-41)12-11-35-13-15-37(16-14-35)28-49-23-25-51-26-24-49)21-22-43-44(52-32-38-7-3-1-4-8-38)45(48-34-47-43)53-33-39-9-5-2-6-10-39/h1-10,13-20,34,40,42H,21-26,28-33H2/t42-/m1/s1. The minimum Gasteiger partial charge on any atom is -0.482 e. The van der Waals surface area contributed by atoms with Crippen molar-refractivity contribution in [1.82, 2.24) is 19.8 Å². The first-order valence-electron chi connectivity index (χ1n) is 18.5. The Kier molecular flexibility index (Phi) is 12.4. The van der Waals surface area contributed by atoms with Gasteiger partial charge in [0.05, 0.1) is 30.9 Å². The molecule has 0 radical (unpaired) electrons. The number of ether oxygens (including phenoxy) is 3. The third kappa shape index (κ3) is 10.3. The van der Waals surface area contributed by atoms with Crippen LogP contribution in [0, 0.1) is 29.1 Å². The average molecular weight is 704 g/mol. The van der Waals surface area contributed by atoms with Crippen molar-refractivity contribution in [2.24, 2.45) is 5.92 Å². The maximum atomic E-state index is 9.42. The fraction of sp³-hybridized carbons (Fsp3) is 0.311. The van der Waals surface area contributed by atoms with Crippen LogP contribution >= 0.6 is 0 Å². The molecule has 2 aliphatic rings. The molecule has 0 spiro atoms. The van der Waals surface area contributed by atoms with E-state index in [1.165, 1.54) is 11.1 Å². The van der Waals surface area contributed by atoms with E-state index in [0.717, 1.165) is 86.9 Å². The number of rotatable bonds is 14. The van der Waals surface area contributed by atoms with Crippen molar-refractivity contribution >= 4 is 0 Å². The summed E-state index contributed by atoms with van der Waals surface area (Å²) >= 11 is 0. The maximum absolute atomic E-state index is 9.42. The number of aryl methyl sites for hydroxylation is 1. The van der Waals surface area contributed by atoms with Crippen molar-refractivity contribution in [3.8, 4) is 29.5 Å². The molecule has 3 heterocycles. The molecule has 8 heteroatoms. The molecule has 8 nitrogen and oxygen atoms in total. The second-order valence-corrected chi connectivity index (χ2v) is 13.7. The Morgan fingerprint density at radius 3 is 1.98 bits per heavy atom. The van der Waals surface area contributed by atoms with Gasteiger partial charge in [-0.2, -0.15) is 10.2 Å². The minimum absolute atomic E-state index is 0.103. The van der Waals surface area contributed by atoms with Crippen LogP contribution in [-0.4, -0.2) is 65.7 Å². The van der Waals surface area contributed by atoms with Gasteiger partial charge in [0.15, 0.2) is 0 Å². The molecule has 53 heavy (non-hydrogen) atoms. The normalized spacial score (nSPS) is 15.4. The summed E-state index contributed by atoms with van der Waals surface area (Å²) in [4.78, 5) is 14.0. The van der Waals surface area contributed by atoms with E-state index in [0.29, 0.717) is 31.3 Å². The number of likely N-dealkylation sites (tertiary alicyclic amines) is 1. The Bertz CT molecular complexity index is 1990. The highest BCUT2D eigenvalue weighted by molar-refractivity contribution is 5.45. The molecule has 1 atom stereocenters. The third-order valence-electron chi connectivity index (χ3n) is 9.83. The lowest BCUT2D eigenvalue weighted by Crippen LogP contribution is -2.47. The van der Waals surface area contributed by atoms with Crippen LogP contribution in [0.1, 0.15) is 51.4 Å². The van der Waals surface area contributed by atoms with E-state index in [2.05, 4.69) is 81.2 Å². The highest BCUT2D eigenvalue weighted by Crippen LogP contribution is 2.33. The van der Waals surface area contributed by atoms with Gasteiger partial charge < -0.3 is 19.1 Å². The monoisotopic (exact) mass is 703 g/mol.